The Morgan fingerprint density at radius 2 is 1.85 bits per heavy atom. The number of nitrogens with zero attached hydrogens (tertiary/aromatic N) is 1. The van der Waals surface area contributed by atoms with Crippen LogP contribution in [0, 0.1) is 0 Å². The number of carboxylic acids is 1. The Hall–Kier alpha value is -0.860. The molecule has 0 unspecified atom stereocenters. The second-order valence-electron chi connectivity index (χ2n) is 4.19. The van der Waals surface area contributed by atoms with Crippen molar-refractivity contribution >= 4 is 39.2 Å². The van der Waals surface area contributed by atoms with Gasteiger partial charge in [-0.15, -0.1) is 0 Å². The molecule has 1 fully saturated rings. The van der Waals surface area contributed by atoms with Gasteiger partial charge in [-0.3, -0.25) is 0 Å². The van der Waals surface area contributed by atoms with Crippen LogP contribution in [0.25, 0.3) is 0 Å². The normalized spacial score (nSPS) is 17.1. The molecule has 0 aliphatic carbocycles. The first-order valence-electron chi connectivity index (χ1n) is 5.78. The zero-order valence-corrected chi connectivity index (χ0v) is 12.6. The summed E-state index contributed by atoms with van der Waals surface area (Å²) in [5.41, 5.74) is -0.399. The van der Waals surface area contributed by atoms with Gasteiger partial charge in [0.05, 0.1) is 15.6 Å². The minimum absolute atomic E-state index is 0.0956. The van der Waals surface area contributed by atoms with E-state index >= 15 is 0 Å². The fraction of sp³-hybridized carbons (Fsp3) is 0.364. The van der Waals surface area contributed by atoms with Gasteiger partial charge >= 0.3 is 5.97 Å². The van der Waals surface area contributed by atoms with Crippen LogP contribution in [0.1, 0.15) is 10.4 Å². The van der Waals surface area contributed by atoms with Crippen molar-refractivity contribution in [2.75, 3.05) is 26.2 Å². The number of hydrogen-bond donors (Lipinski definition) is 2. The molecule has 1 aromatic rings. The lowest BCUT2D eigenvalue weighted by molar-refractivity contribution is 0.0697. The van der Waals surface area contributed by atoms with E-state index in [1.165, 1.54) is 16.4 Å². The average molecular weight is 339 g/mol. The summed E-state index contributed by atoms with van der Waals surface area (Å²) in [6.07, 6.45) is 0. The van der Waals surface area contributed by atoms with E-state index < -0.39 is 21.6 Å². The number of carboxylic acid groups (broad SMARTS) is 1. The largest absolute Gasteiger partial charge is 0.478 e. The molecule has 0 bridgehead atoms. The summed E-state index contributed by atoms with van der Waals surface area (Å²) in [6, 6.07) is 2.46. The van der Waals surface area contributed by atoms with Crippen LogP contribution in [0.3, 0.4) is 0 Å². The monoisotopic (exact) mass is 338 g/mol. The molecule has 1 heterocycles. The second kappa shape index (κ2) is 5.87. The Kier molecular flexibility index (Phi) is 4.55. The van der Waals surface area contributed by atoms with Gasteiger partial charge in [0.2, 0.25) is 10.0 Å². The van der Waals surface area contributed by atoms with E-state index in [1.807, 2.05) is 0 Å². The first-order valence-corrected chi connectivity index (χ1v) is 7.97. The van der Waals surface area contributed by atoms with Crippen molar-refractivity contribution in [1.29, 1.82) is 0 Å². The predicted octanol–water partition coefficient (Wildman–Crippen LogP) is 1.29. The highest BCUT2D eigenvalue weighted by Gasteiger charge is 2.30. The summed E-state index contributed by atoms with van der Waals surface area (Å²) < 4.78 is 26.2. The summed E-state index contributed by atoms with van der Waals surface area (Å²) in [5.74, 6) is -1.36. The zero-order valence-electron chi connectivity index (χ0n) is 10.3. The molecule has 9 heteroatoms. The van der Waals surface area contributed by atoms with Crippen molar-refractivity contribution in [2.24, 2.45) is 0 Å². The number of sulfonamides is 1. The van der Waals surface area contributed by atoms with E-state index in [0.717, 1.165) is 0 Å². The van der Waals surface area contributed by atoms with Gasteiger partial charge in [-0.2, -0.15) is 4.31 Å². The summed E-state index contributed by atoms with van der Waals surface area (Å²) in [4.78, 5) is 10.9. The molecule has 0 spiro atoms. The maximum absolute atomic E-state index is 12.5. The molecule has 0 radical (unpaired) electrons. The van der Waals surface area contributed by atoms with Gasteiger partial charge in [0, 0.05) is 26.2 Å². The lowest BCUT2D eigenvalue weighted by Gasteiger charge is -2.27. The Labute approximate surface area is 126 Å². The van der Waals surface area contributed by atoms with Crippen LogP contribution >= 0.6 is 23.2 Å². The maximum atomic E-state index is 12.5. The lowest BCUT2D eigenvalue weighted by Crippen LogP contribution is -2.46. The summed E-state index contributed by atoms with van der Waals surface area (Å²) in [7, 11) is -3.83. The third kappa shape index (κ3) is 2.77. The minimum atomic E-state index is -3.83. The van der Waals surface area contributed by atoms with E-state index in [0.29, 0.717) is 26.2 Å². The average Bonchev–Trinajstić information content (AvgIpc) is 2.39. The number of benzene rings is 1. The van der Waals surface area contributed by atoms with Gasteiger partial charge in [-0.1, -0.05) is 23.2 Å². The van der Waals surface area contributed by atoms with Gasteiger partial charge in [0.1, 0.15) is 4.90 Å². The Morgan fingerprint density at radius 1 is 1.25 bits per heavy atom. The van der Waals surface area contributed by atoms with Crippen LogP contribution in [-0.4, -0.2) is 50.0 Å². The van der Waals surface area contributed by atoms with Crippen molar-refractivity contribution in [3.05, 3.63) is 27.7 Å². The van der Waals surface area contributed by atoms with Crippen LogP contribution in [0.2, 0.25) is 10.0 Å². The molecule has 0 amide bonds. The molecule has 0 aromatic heterocycles. The van der Waals surface area contributed by atoms with Crippen molar-refractivity contribution in [1.82, 2.24) is 9.62 Å². The molecule has 20 heavy (non-hydrogen) atoms. The van der Waals surface area contributed by atoms with Crippen LogP contribution in [-0.2, 0) is 10.0 Å². The molecule has 1 aliphatic rings. The van der Waals surface area contributed by atoms with Crippen molar-refractivity contribution in [3.8, 4) is 0 Å². The summed E-state index contributed by atoms with van der Waals surface area (Å²) >= 11 is 11.7. The molecule has 2 N–H and O–H groups in total. The number of rotatable bonds is 3. The van der Waals surface area contributed by atoms with Gasteiger partial charge in [-0.05, 0) is 12.1 Å². The van der Waals surface area contributed by atoms with Crippen molar-refractivity contribution in [3.63, 3.8) is 0 Å². The number of piperazine rings is 1. The molecule has 110 valence electrons. The van der Waals surface area contributed by atoms with Gasteiger partial charge in [0.25, 0.3) is 0 Å². The number of carbonyl (C=O) groups is 1. The van der Waals surface area contributed by atoms with E-state index in [9.17, 15) is 13.2 Å². The molecule has 0 saturated carbocycles. The van der Waals surface area contributed by atoms with Crippen molar-refractivity contribution in [2.45, 2.75) is 4.90 Å². The third-order valence-electron chi connectivity index (χ3n) is 2.96. The van der Waals surface area contributed by atoms with Gasteiger partial charge < -0.3 is 10.4 Å². The Balaban J connectivity index is 2.52. The number of halogens is 2. The molecule has 2 rings (SSSR count). The van der Waals surface area contributed by atoms with Gasteiger partial charge in [-0.25, -0.2) is 13.2 Å². The fourth-order valence-electron chi connectivity index (χ4n) is 1.95. The molecular weight excluding hydrogens is 327 g/mol. The Bertz CT molecular complexity index is 642. The van der Waals surface area contributed by atoms with Gasteiger partial charge in [0.15, 0.2) is 0 Å². The molecule has 1 saturated heterocycles. The minimum Gasteiger partial charge on any atom is -0.478 e. The number of nitrogens with one attached hydrogen (secondary N) is 1. The maximum Gasteiger partial charge on any atom is 0.338 e. The van der Waals surface area contributed by atoms with E-state index in [1.54, 1.807) is 0 Å². The van der Waals surface area contributed by atoms with Crippen LogP contribution in [0.4, 0.5) is 0 Å². The highest BCUT2D eigenvalue weighted by molar-refractivity contribution is 7.89. The second-order valence-corrected chi connectivity index (χ2v) is 6.89. The van der Waals surface area contributed by atoms with Crippen LogP contribution < -0.4 is 5.32 Å². The van der Waals surface area contributed by atoms with E-state index in [-0.39, 0.29) is 14.9 Å². The van der Waals surface area contributed by atoms with E-state index in [2.05, 4.69) is 5.32 Å². The topological polar surface area (TPSA) is 86.7 Å². The third-order valence-corrected chi connectivity index (χ3v) is 5.72. The highest BCUT2D eigenvalue weighted by atomic mass is 35.5. The molecule has 0 atom stereocenters. The first-order chi connectivity index (χ1) is 9.35. The number of aromatic carboxylic acids is 1. The summed E-state index contributed by atoms with van der Waals surface area (Å²) in [6.45, 7) is 1.69. The number of hydrogen-bond acceptors (Lipinski definition) is 4. The lowest BCUT2D eigenvalue weighted by atomic mass is 10.2. The van der Waals surface area contributed by atoms with E-state index in [4.69, 9.17) is 28.3 Å². The highest BCUT2D eigenvalue weighted by Crippen LogP contribution is 2.32. The Morgan fingerprint density at radius 3 is 2.40 bits per heavy atom. The smallest absolute Gasteiger partial charge is 0.338 e. The molecule has 1 aliphatic heterocycles. The SMILES string of the molecule is O=C(O)c1c(Cl)ccc(S(=O)(=O)N2CCNCC2)c1Cl. The molecule has 1 aromatic carbocycles. The van der Waals surface area contributed by atoms with Crippen LogP contribution in [0.15, 0.2) is 17.0 Å². The van der Waals surface area contributed by atoms with Crippen LogP contribution in [0.5, 0.6) is 0 Å². The first kappa shape index (κ1) is 15.5. The quantitative estimate of drug-likeness (QED) is 0.867. The zero-order chi connectivity index (χ0) is 14.9. The molecule has 6 nitrogen and oxygen atoms in total. The predicted molar refractivity (Wildman–Crippen MR) is 75.0 cm³/mol. The van der Waals surface area contributed by atoms with Crippen molar-refractivity contribution < 1.29 is 18.3 Å². The summed E-state index contributed by atoms with van der Waals surface area (Å²) in [5, 5.41) is 11.6. The standard InChI is InChI=1S/C11H12Cl2N2O4S/c12-7-1-2-8(10(13)9(7)11(16)17)20(18,19)15-5-3-14-4-6-15/h1-2,14H,3-6H2,(H,16,17). The molecular formula is C11H12Cl2N2O4S. The fourth-order valence-corrected chi connectivity index (χ4v) is 4.29.